The molecule has 5 nitrogen and oxygen atoms in total. The van der Waals surface area contributed by atoms with Crippen molar-refractivity contribution in [2.24, 2.45) is 0 Å². The summed E-state index contributed by atoms with van der Waals surface area (Å²) in [5, 5.41) is 6.08. The molecule has 3 aromatic rings. The summed E-state index contributed by atoms with van der Waals surface area (Å²) in [4.78, 5) is 21.2. The molecular formula is C22H23BrN4O. The van der Waals surface area contributed by atoms with Gasteiger partial charge in [0.15, 0.2) is 0 Å². The van der Waals surface area contributed by atoms with E-state index in [1.54, 1.807) is 12.4 Å². The van der Waals surface area contributed by atoms with Crippen LogP contribution >= 0.6 is 15.9 Å². The van der Waals surface area contributed by atoms with E-state index in [4.69, 9.17) is 0 Å². The Morgan fingerprint density at radius 2 is 1.64 bits per heavy atom. The van der Waals surface area contributed by atoms with Gasteiger partial charge in [-0.05, 0) is 47.4 Å². The summed E-state index contributed by atoms with van der Waals surface area (Å²) in [5.74, 6) is -0.135. The first kappa shape index (κ1) is 20.0. The lowest BCUT2D eigenvalue weighted by Crippen LogP contribution is -2.40. The van der Waals surface area contributed by atoms with Gasteiger partial charge in [0.25, 0.3) is 0 Å². The molecule has 1 aromatic carbocycles. The predicted octanol–water partition coefficient (Wildman–Crippen LogP) is 4.82. The van der Waals surface area contributed by atoms with Crippen LogP contribution in [0.3, 0.4) is 0 Å². The van der Waals surface area contributed by atoms with Gasteiger partial charge in [-0.2, -0.15) is 0 Å². The molecule has 1 atom stereocenters. The lowest BCUT2D eigenvalue weighted by molar-refractivity contribution is 0.236. The Bertz CT molecular complexity index is 850. The van der Waals surface area contributed by atoms with Crippen molar-refractivity contribution in [3.8, 4) is 0 Å². The molecule has 28 heavy (non-hydrogen) atoms. The van der Waals surface area contributed by atoms with E-state index in [1.807, 2.05) is 67.8 Å². The SMILES string of the molecule is CCCNC(=O)NC(c1cccc(Br)c1)C(c1cccnc1)c1cccnc1. The molecule has 0 saturated heterocycles. The van der Waals surface area contributed by atoms with Crippen molar-refractivity contribution in [2.75, 3.05) is 6.54 Å². The third-order valence-electron chi connectivity index (χ3n) is 4.45. The van der Waals surface area contributed by atoms with Crippen molar-refractivity contribution in [2.45, 2.75) is 25.3 Å². The molecule has 0 aliphatic carbocycles. The number of benzene rings is 1. The number of halogens is 1. The van der Waals surface area contributed by atoms with Crippen molar-refractivity contribution in [3.63, 3.8) is 0 Å². The third-order valence-corrected chi connectivity index (χ3v) is 4.94. The number of aromatic nitrogens is 2. The van der Waals surface area contributed by atoms with Crippen LogP contribution in [0.4, 0.5) is 4.79 Å². The highest BCUT2D eigenvalue weighted by molar-refractivity contribution is 9.10. The monoisotopic (exact) mass is 438 g/mol. The van der Waals surface area contributed by atoms with Crippen molar-refractivity contribution in [1.29, 1.82) is 0 Å². The Kier molecular flexibility index (Phi) is 7.14. The van der Waals surface area contributed by atoms with Gasteiger partial charge in [-0.15, -0.1) is 0 Å². The zero-order valence-corrected chi connectivity index (χ0v) is 17.3. The lowest BCUT2D eigenvalue weighted by atomic mass is 9.83. The molecule has 2 N–H and O–H groups in total. The number of pyridine rings is 2. The standard InChI is InChI=1S/C22H23BrN4O/c1-2-10-26-22(28)27-21(16-6-3-9-19(23)13-16)20(17-7-4-11-24-14-17)18-8-5-12-25-15-18/h3-9,11-15,20-21H,2,10H2,1H3,(H2,26,27,28). The van der Waals surface area contributed by atoms with Crippen LogP contribution in [0.15, 0.2) is 77.8 Å². The smallest absolute Gasteiger partial charge is 0.315 e. The van der Waals surface area contributed by atoms with E-state index in [0.717, 1.165) is 27.6 Å². The Morgan fingerprint density at radius 3 is 2.18 bits per heavy atom. The minimum Gasteiger partial charge on any atom is -0.338 e. The quantitative estimate of drug-likeness (QED) is 0.555. The fourth-order valence-corrected chi connectivity index (χ4v) is 3.60. The summed E-state index contributed by atoms with van der Waals surface area (Å²) in [5.41, 5.74) is 3.02. The largest absolute Gasteiger partial charge is 0.338 e. The summed E-state index contributed by atoms with van der Waals surface area (Å²) >= 11 is 3.55. The van der Waals surface area contributed by atoms with Crippen LogP contribution in [0.25, 0.3) is 0 Å². The van der Waals surface area contributed by atoms with Gasteiger partial charge in [0.1, 0.15) is 0 Å². The Morgan fingerprint density at radius 1 is 1.00 bits per heavy atom. The maximum atomic E-state index is 12.6. The van der Waals surface area contributed by atoms with E-state index in [9.17, 15) is 4.79 Å². The number of amides is 2. The van der Waals surface area contributed by atoms with Crippen molar-refractivity contribution >= 4 is 22.0 Å². The van der Waals surface area contributed by atoms with E-state index in [-0.39, 0.29) is 18.0 Å². The highest BCUT2D eigenvalue weighted by atomic mass is 79.9. The van der Waals surface area contributed by atoms with Crippen LogP contribution in [0, 0.1) is 0 Å². The van der Waals surface area contributed by atoms with E-state index < -0.39 is 0 Å². The molecule has 0 fully saturated rings. The number of hydrogen-bond acceptors (Lipinski definition) is 3. The lowest BCUT2D eigenvalue weighted by Gasteiger charge is -2.29. The normalized spacial score (nSPS) is 11.8. The predicted molar refractivity (Wildman–Crippen MR) is 114 cm³/mol. The van der Waals surface area contributed by atoms with Crippen LogP contribution < -0.4 is 10.6 Å². The van der Waals surface area contributed by atoms with Gasteiger partial charge in [-0.1, -0.05) is 47.1 Å². The summed E-state index contributed by atoms with van der Waals surface area (Å²) in [6, 6.07) is 15.4. The van der Waals surface area contributed by atoms with Crippen molar-refractivity contribution in [3.05, 3.63) is 94.5 Å². The van der Waals surface area contributed by atoms with E-state index in [2.05, 4.69) is 36.5 Å². The number of urea groups is 1. The topological polar surface area (TPSA) is 66.9 Å². The summed E-state index contributed by atoms with van der Waals surface area (Å²) in [6.45, 7) is 2.65. The fraction of sp³-hybridized carbons (Fsp3) is 0.227. The molecule has 0 spiro atoms. The minimum atomic E-state index is -0.289. The van der Waals surface area contributed by atoms with Crippen LogP contribution in [0.1, 0.15) is 42.0 Å². The zero-order valence-electron chi connectivity index (χ0n) is 15.7. The Hall–Kier alpha value is -2.73. The molecule has 2 aromatic heterocycles. The van der Waals surface area contributed by atoms with Gasteiger partial charge in [0.2, 0.25) is 0 Å². The maximum Gasteiger partial charge on any atom is 0.315 e. The van der Waals surface area contributed by atoms with Gasteiger partial charge in [0.05, 0.1) is 6.04 Å². The minimum absolute atomic E-state index is 0.135. The first-order valence-corrected chi connectivity index (χ1v) is 10.1. The first-order valence-electron chi connectivity index (χ1n) is 9.28. The molecule has 0 radical (unpaired) electrons. The fourth-order valence-electron chi connectivity index (χ4n) is 3.19. The van der Waals surface area contributed by atoms with Gasteiger partial charge in [0, 0.05) is 41.7 Å². The van der Waals surface area contributed by atoms with E-state index >= 15 is 0 Å². The van der Waals surface area contributed by atoms with Crippen LogP contribution in [-0.2, 0) is 0 Å². The van der Waals surface area contributed by atoms with Crippen LogP contribution in [-0.4, -0.2) is 22.5 Å². The molecule has 1 unspecified atom stereocenters. The van der Waals surface area contributed by atoms with Crippen LogP contribution in [0.5, 0.6) is 0 Å². The number of rotatable bonds is 7. The highest BCUT2D eigenvalue weighted by Crippen LogP contribution is 2.37. The van der Waals surface area contributed by atoms with E-state index in [1.165, 1.54) is 0 Å². The summed E-state index contributed by atoms with van der Waals surface area (Å²) in [7, 11) is 0. The molecule has 3 rings (SSSR count). The first-order chi connectivity index (χ1) is 13.7. The molecule has 6 heteroatoms. The molecule has 0 saturated carbocycles. The molecule has 2 heterocycles. The maximum absolute atomic E-state index is 12.6. The second-order valence-electron chi connectivity index (χ2n) is 6.48. The highest BCUT2D eigenvalue weighted by Gasteiger charge is 2.28. The van der Waals surface area contributed by atoms with Crippen molar-refractivity contribution in [1.82, 2.24) is 20.6 Å². The molecule has 2 amide bonds. The van der Waals surface area contributed by atoms with Gasteiger partial charge >= 0.3 is 6.03 Å². The second kappa shape index (κ2) is 9.99. The number of carbonyl (C=O) groups is 1. The van der Waals surface area contributed by atoms with Gasteiger partial charge in [-0.25, -0.2) is 4.79 Å². The Labute approximate surface area is 173 Å². The molecule has 0 bridgehead atoms. The second-order valence-corrected chi connectivity index (χ2v) is 7.40. The van der Waals surface area contributed by atoms with Gasteiger partial charge in [-0.3, -0.25) is 9.97 Å². The van der Waals surface area contributed by atoms with E-state index in [0.29, 0.717) is 6.54 Å². The average Bonchev–Trinajstić information content (AvgIpc) is 2.73. The number of hydrogen-bond donors (Lipinski definition) is 2. The average molecular weight is 439 g/mol. The summed E-state index contributed by atoms with van der Waals surface area (Å²) < 4.78 is 0.960. The molecule has 0 aliphatic heterocycles. The zero-order chi connectivity index (χ0) is 19.8. The molecule has 0 aliphatic rings. The van der Waals surface area contributed by atoms with Gasteiger partial charge < -0.3 is 10.6 Å². The third kappa shape index (κ3) is 5.16. The number of nitrogens with zero attached hydrogens (tertiary/aromatic N) is 2. The van der Waals surface area contributed by atoms with Crippen LogP contribution in [0.2, 0.25) is 0 Å². The summed E-state index contributed by atoms with van der Waals surface area (Å²) in [6.07, 6.45) is 8.06. The molecular weight excluding hydrogens is 416 g/mol. The number of carbonyl (C=O) groups excluding carboxylic acids is 1. The Balaban J connectivity index is 2.06. The molecule has 144 valence electrons. The van der Waals surface area contributed by atoms with Crippen molar-refractivity contribution < 1.29 is 4.79 Å². The number of nitrogens with one attached hydrogen (secondary N) is 2.